The van der Waals surface area contributed by atoms with E-state index in [9.17, 15) is 4.79 Å². The first-order chi connectivity index (χ1) is 6.09. The van der Waals surface area contributed by atoms with Crippen molar-refractivity contribution in [2.45, 2.75) is 31.5 Å². The van der Waals surface area contributed by atoms with Crippen molar-refractivity contribution in [2.24, 2.45) is 11.7 Å². The van der Waals surface area contributed by atoms with E-state index in [1.54, 1.807) is 0 Å². The molecule has 3 N–H and O–H groups in total. The van der Waals surface area contributed by atoms with Crippen molar-refractivity contribution in [3.05, 3.63) is 0 Å². The summed E-state index contributed by atoms with van der Waals surface area (Å²) in [6, 6.07) is 0. The van der Waals surface area contributed by atoms with Crippen molar-refractivity contribution in [1.29, 1.82) is 0 Å². The van der Waals surface area contributed by atoms with Crippen LogP contribution in [0.3, 0.4) is 0 Å². The zero-order valence-electron chi connectivity index (χ0n) is 8.35. The molecule has 0 saturated heterocycles. The Balaban J connectivity index is 3.50. The summed E-state index contributed by atoms with van der Waals surface area (Å²) >= 11 is 3.34. The Hall–Kier alpha value is -0.0900. The Morgan fingerprint density at radius 1 is 1.46 bits per heavy atom. The molecule has 1 atom stereocenters. The second-order valence-electron chi connectivity index (χ2n) is 3.43. The maximum atomic E-state index is 11.4. The lowest BCUT2D eigenvalue weighted by Gasteiger charge is -2.13. The molecule has 0 spiro atoms. The van der Waals surface area contributed by atoms with E-state index in [0.29, 0.717) is 12.5 Å². The smallest absolute Gasteiger partial charge is 0.234 e. The zero-order chi connectivity index (χ0) is 10.3. The second kappa shape index (κ2) is 7.33. The molecule has 1 unspecified atom stereocenters. The summed E-state index contributed by atoms with van der Waals surface area (Å²) in [4.78, 5) is 11.3. The number of alkyl halides is 1. The highest BCUT2D eigenvalue weighted by molar-refractivity contribution is 9.10. The number of hydrogen-bond donors (Lipinski definition) is 2. The first-order valence-electron chi connectivity index (χ1n) is 4.71. The predicted molar refractivity (Wildman–Crippen MR) is 58.9 cm³/mol. The molecule has 0 rings (SSSR count). The topological polar surface area (TPSA) is 55.1 Å². The van der Waals surface area contributed by atoms with E-state index in [1.807, 2.05) is 13.8 Å². The fourth-order valence-corrected chi connectivity index (χ4v) is 1.04. The number of unbranched alkanes of at least 4 members (excludes halogenated alkanes) is 1. The molecule has 0 aliphatic heterocycles. The van der Waals surface area contributed by atoms with Crippen LogP contribution in [-0.4, -0.2) is 23.8 Å². The Morgan fingerprint density at radius 3 is 2.54 bits per heavy atom. The molecule has 0 bridgehead atoms. The van der Waals surface area contributed by atoms with E-state index in [-0.39, 0.29) is 10.7 Å². The highest BCUT2D eigenvalue weighted by Crippen LogP contribution is 2.11. The summed E-state index contributed by atoms with van der Waals surface area (Å²) in [5.41, 5.74) is 5.33. The number of nitrogens with one attached hydrogen (secondary N) is 1. The van der Waals surface area contributed by atoms with Crippen LogP contribution in [0.15, 0.2) is 0 Å². The van der Waals surface area contributed by atoms with E-state index in [1.165, 1.54) is 0 Å². The van der Waals surface area contributed by atoms with Crippen molar-refractivity contribution in [1.82, 2.24) is 5.32 Å². The third kappa shape index (κ3) is 6.05. The Kier molecular flexibility index (Phi) is 7.28. The molecule has 13 heavy (non-hydrogen) atoms. The minimum atomic E-state index is -0.0784. The van der Waals surface area contributed by atoms with Gasteiger partial charge in [0.15, 0.2) is 0 Å². The summed E-state index contributed by atoms with van der Waals surface area (Å²) in [6.07, 6.45) is 1.93. The van der Waals surface area contributed by atoms with Crippen molar-refractivity contribution < 1.29 is 4.79 Å². The third-order valence-corrected chi connectivity index (χ3v) is 3.24. The Bertz CT molecular complexity index is 151. The molecule has 4 heteroatoms. The predicted octanol–water partition coefficient (Wildman–Crippen LogP) is 1.26. The molecule has 0 aromatic rings. The largest absolute Gasteiger partial charge is 0.355 e. The minimum Gasteiger partial charge on any atom is -0.355 e. The zero-order valence-corrected chi connectivity index (χ0v) is 9.93. The van der Waals surface area contributed by atoms with Gasteiger partial charge in [0, 0.05) is 6.54 Å². The van der Waals surface area contributed by atoms with Gasteiger partial charge in [-0.2, -0.15) is 0 Å². The van der Waals surface area contributed by atoms with Gasteiger partial charge in [0.05, 0.1) is 4.83 Å². The van der Waals surface area contributed by atoms with Gasteiger partial charge in [-0.1, -0.05) is 29.8 Å². The van der Waals surface area contributed by atoms with Crippen molar-refractivity contribution >= 4 is 21.8 Å². The quantitative estimate of drug-likeness (QED) is 0.551. The number of rotatable bonds is 6. The van der Waals surface area contributed by atoms with Crippen LogP contribution in [0.2, 0.25) is 0 Å². The van der Waals surface area contributed by atoms with Gasteiger partial charge in [-0.3, -0.25) is 4.79 Å². The number of halogens is 1. The molecule has 0 aliphatic rings. The van der Waals surface area contributed by atoms with Gasteiger partial charge in [-0.05, 0) is 25.3 Å². The highest BCUT2D eigenvalue weighted by atomic mass is 79.9. The van der Waals surface area contributed by atoms with Gasteiger partial charge in [-0.15, -0.1) is 0 Å². The molecule has 0 fully saturated rings. The van der Waals surface area contributed by atoms with Crippen LogP contribution >= 0.6 is 15.9 Å². The number of amides is 1. The van der Waals surface area contributed by atoms with E-state index in [0.717, 1.165) is 19.4 Å². The second-order valence-corrected chi connectivity index (χ2v) is 4.42. The fourth-order valence-electron chi connectivity index (χ4n) is 0.881. The first kappa shape index (κ1) is 12.9. The van der Waals surface area contributed by atoms with E-state index in [4.69, 9.17) is 5.73 Å². The maximum absolute atomic E-state index is 11.4. The van der Waals surface area contributed by atoms with E-state index in [2.05, 4.69) is 21.2 Å². The molecular formula is C9H19BrN2O. The summed E-state index contributed by atoms with van der Waals surface area (Å²) in [5, 5.41) is 2.86. The van der Waals surface area contributed by atoms with E-state index < -0.39 is 0 Å². The summed E-state index contributed by atoms with van der Waals surface area (Å²) in [7, 11) is 0. The van der Waals surface area contributed by atoms with Crippen molar-refractivity contribution in [3.63, 3.8) is 0 Å². The maximum Gasteiger partial charge on any atom is 0.234 e. The van der Waals surface area contributed by atoms with Crippen LogP contribution in [0.5, 0.6) is 0 Å². The average molecular weight is 251 g/mol. The number of hydrogen-bond acceptors (Lipinski definition) is 2. The molecule has 0 aromatic heterocycles. The Morgan fingerprint density at radius 2 is 2.08 bits per heavy atom. The lowest BCUT2D eigenvalue weighted by atomic mass is 10.1. The summed E-state index contributed by atoms with van der Waals surface area (Å²) in [6.45, 7) is 5.44. The van der Waals surface area contributed by atoms with Gasteiger partial charge >= 0.3 is 0 Å². The van der Waals surface area contributed by atoms with E-state index >= 15 is 0 Å². The van der Waals surface area contributed by atoms with Gasteiger partial charge in [0.25, 0.3) is 0 Å². The van der Waals surface area contributed by atoms with Crippen LogP contribution in [0, 0.1) is 5.92 Å². The number of carbonyl (C=O) groups excluding carboxylic acids is 1. The third-order valence-electron chi connectivity index (χ3n) is 1.77. The Labute approximate surface area is 88.6 Å². The molecule has 0 radical (unpaired) electrons. The normalized spacial score (nSPS) is 13.0. The number of carbonyl (C=O) groups is 1. The van der Waals surface area contributed by atoms with Crippen LogP contribution in [0.4, 0.5) is 0 Å². The van der Waals surface area contributed by atoms with Gasteiger partial charge in [-0.25, -0.2) is 0 Å². The van der Waals surface area contributed by atoms with Gasteiger partial charge < -0.3 is 11.1 Å². The van der Waals surface area contributed by atoms with Crippen LogP contribution in [0.1, 0.15) is 26.7 Å². The van der Waals surface area contributed by atoms with Gasteiger partial charge in [0.1, 0.15) is 0 Å². The highest BCUT2D eigenvalue weighted by Gasteiger charge is 2.17. The van der Waals surface area contributed by atoms with Crippen LogP contribution in [0.25, 0.3) is 0 Å². The van der Waals surface area contributed by atoms with Crippen molar-refractivity contribution in [2.75, 3.05) is 13.1 Å². The molecule has 1 amide bonds. The molecule has 78 valence electrons. The lowest BCUT2D eigenvalue weighted by molar-refractivity contribution is -0.121. The SMILES string of the molecule is CC(C)C(Br)C(=O)NCCCCN. The molecule has 3 nitrogen and oxygen atoms in total. The minimum absolute atomic E-state index is 0.0759. The standard InChI is InChI=1S/C9H19BrN2O/c1-7(2)8(10)9(13)12-6-4-3-5-11/h7-8H,3-6,11H2,1-2H3,(H,12,13). The molecular weight excluding hydrogens is 232 g/mol. The molecule has 0 aromatic carbocycles. The number of nitrogens with two attached hydrogens (primary N) is 1. The first-order valence-corrected chi connectivity index (χ1v) is 5.63. The van der Waals surface area contributed by atoms with Crippen molar-refractivity contribution in [3.8, 4) is 0 Å². The summed E-state index contributed by atoms with van der Waals surface area (Å²) in [5.74, 6) is 0.404. The molecule has 0 heterocycles. The monoisotopic (exact) mass is 250 g/mol. The lowest BCUT2D eigenvalue weighted by Crippen LogP contribution is -2.34. The van der Waals surface area contributed by atoms with Crippen LogP contribution < -0.4 is 11.1 Å². The molecule has 0 saturated carbocycles. The summed E-state index contributed by atoms with van der Waals surface area (Å²) < 4.78 is 0. The average Bonchev–Trinajstić information content (AvgIpc) is 2.10. The molecule has 0 aliphatic carbocycles. The van der Waals surface area contributed by atoms with Crippen LogP contribution in [-0.2, 0) is 4.79 Å². The van der Waals surface area contributed by atoms with Gasteiger partial charge in [0.2, 0.25) is 5.91 Å². The fraction of sp³-hybridized carbons (Fsp3) is 0.889.